The van der Waals surface area contributed by atoms with Gasteiger partial charge in [0.1, 0.15) is 17.6 Å². The van der Waals surface area contributed by atoms with Gasteiger partial charge in [0.15, 0.2) is 0 Å². The van der Waals surface area contributed by atoms with Crippen molar-refractivity contribution in [1.29, 1.82) is 0 Å². The standard InChI is InChI=1S/C23H27N3O4/c1-15(2)30-17-10-8-16(9-11-17)21(27)19-20(18-7-5-6-12-24-18)26(14-13-25(3)4)23(29)22(19)28/h5-12,15,20,27H,13-14H2,1-4H3/b21-19+/t20-/m1/s1. The first-order valence-electron chi connectivity index (χ1n) is 9.90. The quantitative estimate of drug-likeness (QED) is 0.430. The van der Waals surface area contributed by atoms with Gasteiger partial charge in [-0.15, -0.1) is 0 Å². The molecule has 0 bridgehead atoms. The summed E-state index contributed by atoms with van der Waals surface area (Å²) in [6, 6.07) is 11.4. The van der Waals surface area contributed by atoms with Crippen LogP contribution in [0.4, 0.5) is 0 Å². The Balaban J connectivity index is 2.05. The van der Waals surface area contributed by atoms with E-state index in [0.717, 1.165) is 0 Å². The first-order valence-corrected chi connectivity index (χ1v) is 9.90. The van der Waals surface area contributed by atoms with Gasteiger partial charge in [-0.1, -0.05) is 6.07 Å². The van der Waals surface area contributed by atoms with Crippen LogP contribution < -0.4 is 4.74 Å². The molecule has 2 heterocycles. The number of hydrogen-bond donors (Lipinski definition) is 1. The second-order valence-electron chi connectivity index (χ2n) is 7.74. The lowest BCUT2D eigenvalue weighted by Gasteiger charge is -2.25. The fourth-order valence-electron chi connectivity index (χ4n) is 3.38. The number of Topliss-reactive ketones (excluding diaryl/α,β-unsaturated/α-hetero) is 1. The molecule has 158 valence electrons. The molecule has 0 radical (unpaired) electrons. The van der Waals surface area contributed by atoms with Crippen molar-refractivity contribution in [3.63, 3.8) is 0 Å². The monoisotopic (exact) mass is 409 g/mol. The summed E-state index contributed by atoms with van der Waals surface area (Å²) in [5.74, 6) is -0.889. The molecule has 7 heteroatoms. The van der Waals surface area contributed by atoms with Crippen LogP contribution in [-0.4, -0.2) is 64.9 Å². The maximum atomic E-state index is 12.9. The number of nitrogens with zero attached hydrogens (tertiary/aromatic N) is 3. The van der Waals surface area contributed by atoms with Crippen molar-refractivity contribution in [2.75, 3.05) is 27.2 Å². The normalized spacial score (nSPS) is 18.5. The summed E-state index contributed by atoms with van der Waals surface area (Å²) in [6.07, 6.45) is 1.63. The number of likely N-dealkylation sites (tertiary alicyclic amines) is 1. The molecule has 1 aromatic heterocycles. The molecule has 0 saturated carbocycles. The van der Waals surface area contributed by atoms with Crippen LogP contribution in [0.2, 0.25) is 0 Å². The van der Waals surface area contributed by atoms with Crippen LogP contribution in [0.25, 0.3) is 5.76 Å². The number of carbonyl (C=O) groups excluding carboxylic acids is 2. The molecule has 2 aromatic rings. The first kappa shape index (κ1) is 21.5. The zero-order valence-electron chi connectivity index (χ0n) is 17.7. The second-order valence-corrected chi connectivity index (χ2v) is 7.74. The highest BCUT2D eigenvalue weighted by Crippen LogP contribution is 2.38. The van der Waals surface area contributed by atoms with E-state index in [0.29, 0.717) is 30.1 Å². The minimum Gasteiger partial charge on any atom is -0.507 e. The highest BCUT2D eigenvalue weighted by Gasteiger charge is 2.46. The molecular formula is C23H27N3O4. The number of aliphatic hydroxyl groups is 1. The lowest BCUT2D eigenvalue weighted by Crippen LogP contribution is -2.35. The highest BCUT2D eigenvalue weighted by molar-refractivity contribution is 6.46. The molecule has 1 N–H and O–H groups in total. The number of benzene rings is 1. The van der Waals surface area contributed by atoms with Gasteiger partial charge in [-0.25, -0.2) is 0 Å². The largest absolute Gasteiger partial charge is 0.507 e. The van der Waals surface area contributed by atoms with Crippen LogP contribution in [0.5, 0.6) is 5.75 Å². The Kier molecular flexibility index (Phi) is 6.52. The zero-order valence-corrected chi connectivity index (χ0v) is 17.7. The van der Waals surface area contributed by atoms with E-state index in [-0.39, 0.29) is 17.4 Å². The maximum Gasteiger partial charge on any atom is 0.295 e. The Morgan fingerprint density at radius 1 is 1.17 bits per heavy atom. The minimum absolute atomic E-state index is 0.0237. The van der Waals surface area contributed by atoms with Crippen molar-refractivity contribution in [2.24, 2.45) is 0 Å². The van der Waals surface area contributed by atoms with E-state index in [4.69, 9.17) is 4.74 Å². The van der Waals surface area contributed by atoms with E-state index in [1.807, 2.05) is 32.8 Å². The fourth-order valence-corrected chi connectivity index (χ4v) is 3.38. The van der Waals surface area contributed by atoms with E-state index in [1.54, 1.807) is 48.7 Å². The number of pyridine rings is 1. The lowest BCUT2D eigenvalue weighted by molar-refractivity contribution is -0.140. The average molecular weight is 409 g/mol. The van der Waals surface area contributed by atoms with Gasteiger partial charge in [0.25, 0.3) is 11.7 Å². The number of rotatable bonds is 7. The number of ketones is 1. The van der Waals surface area contributed by atoms with Crippen LogP contribution in [0.1, 0.15) is 31.1 Å². The van der Waals surface area contributed by atoms with Crippen molar-refractivity contribution in [1.82, 2.24) is 14.8 Å². The Hall–Kier alpha value is -3.19. The van der Waals surface area contributed by atoms with Gasteiger partial charge < -0.3 is 19.6 Å². The van der Waals surface area contributed by atoms with Crippen LogP contribution in [0.15, 0.2) is 54.2 Å². The van der Waals surface area contributed by atoms with E-state index in [1.165, 1.54) is 4.90 Å². The van der Waals surface area contributed by atoms with Gasteiger partial charge in [-0.3, -0.25) is 14.6 Å². The maximum absolute atomic E-state index is 12.9. The van der Waals surface area contributed by atoms with Crippen molar-refractivity contribution >= 4 is 17.4 Å². The molecule has 3 rings (SSSR count). The summed E-state index contributed by atoms with van der Waals surface area (Å²) in [6.45, 7) is 4.78. The summed E-state index contributed by atoms with van der Waals surface area (Å²) in [4.78, 5) is 33.5. The summed E-state index contributed by atoms with van der Waals surface area (Å²) in [7, 11) is 3.79. The van der Waals surface area contributed by atoms with E-state index in [9.17, 15) is 14.7 Å². The molecule has 1 saturated heterocycles. The topological polar surface area (TPSA) is 83.0 Å². The van der Waals surface area contributed by atoms with Crippen molar-refractivity contribution in [2.45, 2.75) is 26.0 Å². The predicted octanol–water partition coefficient (Wildman–Crippen LogP) is 2.85. The molecular weight excluding hydrogens is 382 g/mol. The summed E-state index contributed by atoms with van der Waals surface area (Å²) < 4.78 is 5.63. The molecule has 1 atom stereocenters. The zero-order chi connectivity index (χ0) is 21.8. The third-order valence-corrected chi connectivity index (χ3v) is 4.80. The number of hydrogen-bond acceptors (Lipinski definition) is 6. The first-order chi connectivity index (χ1) is 14.3. The molecule has 1 aromatic carbocycles. The third-order valence-electron chi connectivity index (χ3n) is 4.80. The Bertz CT molecular complexity index is 937. The summed E-state index contributed by atoms with van der Waals surface area (Å²) >= 11 is 0. The van der Waals surface area contributed by atoms with Gasteiger partial charge in [0.2, 0.25) is 0 Å². The second kappa shape index (κ2) is 9.09. The molecule has 1 amide bonds. The molecule has 1 aliphatic heterocycles. The molecule has 0 aliphatic carbocycles. The molecule has 30 heavy (non-hydrogen) atoms. The smallest absolute Gasteiger partial charge is 0.295 e. The summed E-state index contributed by atoms with van der Waals surface area (Å²) in [5, 5.41) is 11.0. The van der Waals surface area contributed by atoms with Gasteiger partial charge in [0, 0.05) is 24.8 Å². The Morgan fingerprint density at radius 2 is 1.87 bits per heavy atom. The molecule has 1 aliphatic rings. The van der Waals surface area contributed by atoms with Gasteiger partial charge in [-0.2, -0.15) is 0 Å². The number of carbonyl (C=O) groups is 2. The van der Waals surface area contributed by atoms with Gasteiger partial charge in [-0.05, 0) is 64.3 Å². The van der Waals surface area contributed by atoms with Gasteiger partial charge in [0.05, 0.1) is 17.4 Å². The summed E-state index contributed by atoms with van der Waals surface area (Å²) in [5.41, 5.74) is 1.03. The van der Waals surface area contributed by atoms with Crippen molar-refractivity contribution in [3.8, 4) is 5.75 Å². The van der Waals surface area contributed by atoms with Crippen LogP contribution in [-0.2, 0) is 9.59 Å². The number of aliphatic hydroxyl groups excluding tert-OH is 1. The highest BCUT2D eigenvalue weighted by atomic mass is 16.5. The van der Waals surface area contributed by atoms with E-state index < -0.39 is 17.7 Å². The van der Waals surface area contributed by atoms with Crippen molar-refractivity contribution in [3.05, 3.63) is 65.5 Å². The van der Waals surface area contributed by atoms with Crippen molar-refractivity contribution < 1.29 is 19.4 Å². The van der Waals surface area contributed by atoms with Crippen LogP contribution in [0.3, 0.4) is 0 Å². The molecule has 0 unspecified atom stereocenters. The fraction of sp³-hybridized carbons (Fsp3) is 0.348. The number of ether oxygens (including phenoxy) is 1. The Morgan fingerprint density at radius 3 is 2.43 bits per heavy atom. The lowest BCUT2D eigenvalue weighted by atomic mass is 9.98. The molecule has 1 fully saturated rings. The minimum atomic E-state index is -0.738. The SMILES string of the molecule is CC(C)Oc1ccc(/C(O)=C2\C(=O)C(=O)N(CCN(C)C)[C@@H]2c2ccccn2)cc1. The van der Waals surface area contributed by atoms with E-state index in [2.05, 4.69) is 4.98 Å². The van der Waals surface area contributed by atoms with Crippen LogP contribution >= 0.6 is 0 Å². The average Bonchev–Trinajstić information content (AvgIpc) is 2.97. The predicted molar refractivity (Wildman–Crippen MR) is 114 cm³/mol. The molecule has 0 spiro atoms. The Labute approximate surface area is 176 Å². The molecule has 7 nitrogen and oxygen atoms in total. The number of amides is 1. The number of likely N-dealkylation sites (N-methyl/N-ethyl adjacent to an activating group) is 1. The number of aromatic nitrogens is 1. The van der Waals surface area contributed by atoms with E-state index >= 15 is 0 Å². The third kappa shape index (κ3) is 4.52. The van der Waals surface area contributed by atoms with Gasteiger partial charge >= 0.3 is 0 Å². The van der Waals surface area contributed by atoms with Crippen LogP contribution in [0, 0.1) is 0 Å².